The molecule has 0 N–H and O–H groups in total. The highest BCUT2D eigenvalue weighted by atomic mass is 32.2. The smallest absolute Gasteiger partial charge is 0.243 e. The number of hydrogen-bond acceptors (Lipinski definition) is 4. The van der Waals surface area contributed by atoms with Gasteiger partial charge < -0.3 is 0 Å². The predicted octanol–water partition coefficient (Wildman–Crippen LogP) is 3.38. The van der Waals surface area contributed by atoms with Gasteiger partial charge in [-0.25, -0.2) is 8.42 Å². The van der Waals surface area contributed by atoms with Gasteiger partial charge in [0.2, 0.25) is 10.0 Å². The molecule has 1 aromatic carbocycles. The molecule has 0 bridgehead atoms. The van der Waals surface area contributed by atoms with Crippen LogP contribution in [0.3, 0.4) is 0 Å². The van der Waals surface area contributed by atoms with Crippen LogP contribution in [0.4, 0.5) is 0 Å². The summed E-state index contributed by atoms with van der Waals surface area (Å²) in [5, 5.41) is 0. The van der Waals surface area contributed by atoms with Gasteiger partial charge in [-0.15, -0.1) is 0 Å². The molecule has 1 saturated heterocycles. The second-order valence-corrected chi connectivity index (χ2v) is 9.33. The molecule has 2 aromatic rings. The summed E-state index contributed by atoms with van der Waals surface area (Å²) in [5.41, 5.74) is 4.80. The minimum atomic E-state index is -3.49. The van der Waals surface area contributed by atoms with E-state index in [9.17, 15) is 8.42 Å². The van der Waals surface area contributed by atoms with Crippen molar-refractivity contribution < 1.29 is 8.42 Å². The Balaban J connectivity index is 1.80. The van der Waals surface area contributed by atoms with E-state index in [-0.39, 0.29) is 6.04 Å². The van der Waals surface area contributed by atoms with Crippen LogP contribution < -0.4 is 0 Å². The summed E-state index contributed by atoms with van der Waals surface area (Å²) in [5.74, 6) is 0. The first-order valence-electron chi connectivity index (χ1n) is 9.46. The van der Waals surface area contributed by atoms with Gasteiger partial charge in [-0.05, 0) is 69.0 Å². The van der Waals surface area contributed by atoms with Crippen LogP contribution >= 0.6 is 0 Å². The van der Waals surface area contributed by atoms with Crippen molar-refractivity contribution in [2.75, 3.05) is 26.2 Å². The van der Waals surface area contributed by atoms with E-state index in [0.717, 1.165) is 27.9 Å². The second-order valence-electron chi connectivity index (χ2n) is 7.46. The van der Waals surface area contributed by atoms with Crippen molar-refractivity contribution >= 4 is 10.0 Å². The van der Waals surface area contributed by atoms with Crippen molar-refractivity contribution in [2.24, 2.45) is 0 Å². The zero-order valence-electron chi connectivity index (χ0n) is 16.9. The zero-order valence-corrected chi connectivity index (χ0v) is 17.7. The fraction of sp³-hybridized carbons (Fsp3) is 0.476. The van der Waals surface area contributed by atoms with E-state index < -0.39 is 10.0 Å². The molecule has 1 aromatic heterocycles. The Morgan fingerprint density at radius 2 is 1.56 bits per heavy atom. The molecule has 27 heavy (non-hydrogen) atoms. The van der Waals surface area contributed by atoms with E-state index in [1.54, 1.807) is 10.5 Å². The Bertz CT molecular complexity index is 892. The summed E-state index contributed by atoms with van der Waals surface area (Å²) in [4.78, 5) is 7.23. The topological polar surface area (TPSA) is 53.5 Å². The van der Waals surface area contributed by atoms with Crippen LogP contribution in [0.1, 0.15) is 40.9 Å². The summed E-state index contributed by atoms with van der Waals surface area (Å²) in [6.45, 7) is 12.3. The molecule has 1 aliphatic rings. The Kier molecular flexibility index (Phi) is 5.70. The van der Waals surface area contributed by atoms with Gasteiger partial charge in [0.25, 0.3) is 0 Å². The minimum absolute atomic E-state index is 0.181. The highest BCUT2D eigenvalue weighted by Crippen LogP contribution is 2.30. The van der Waals surface area contributed by atoms with Crippen LogP contribution in [0, 0.1) is 27.7 Å². The maximum Gasteiger partial charge on any atom is 0.243 e. The molecule has 5 nitrogen and oxygen atoms in total. The molecule has 0 aliphatic carbocycles. The van der Waals surface area contributed by atoms with Crippen molar-refractivity contribution in [2.45, 2.75) is 45.6 Å². The SMILES string of the molecule is Cc1cc(C)c(C)c(S(=O)(=O)N2CCN([C@H](C)c3ccccn3)CC2)c1C. The third-order valence-electron chi connectivity index (χ3n) is 5.83. The summed E-state index contributed by atoms with van der Waals surface area (Å²) in [6.07, 6.45) is 1.80. The quantitative estimate of drug-likeness (QED) is 0.807. The monoisotopic (exact) mass is 387 g/mol. The lowest BCUT2D eigenvalue weighted by molar-refractivity contribution is 0.143. The third kappa shape index (κ3) is 3.79. The molecule has 0 saturated carbocycles. The normalized spacial score (nSPS) is 17.8. The van der Waals surface area contributed by atoms with Gasteiger partial charge >= 0.3 is 0 Å². The van der Waals surface area contributed by atoms with Gasteiger partial charge in [0.15, 0.2) is 0 Å². The lowest BCUT2D eigenvalue weighted by Gasteiger charge is -2.37. The van der Waals surface area contributed by atoms with Gasteiger partial charge in [0.05, 0.1) is 10.6 Å². The average molecular weight is 388 g/mol. The number of piperazine rings is 1. The molecule has 0 amide bonds. The van der Waals surface area contributed by atoms with Crippen LogP contribution in [-0.4, -0.2) is 48.8 Å². The van der Waals surface area contributed by atoms with Crippen LogP contribution in [-0.2, 0) is 10.0 Å². The van der Waals surface area contributed by atoms with Crippen molar-refractivity contribution in [3.05, 3.63) is 58.4 Å². The Labute approximate surface area is 163 Å². The molecule has 0 spiro atoms. The first kappa shape index (κ1) is 20.0. The Morgan fingerprint density at radius 1 is 0.963 bits per heavy atom. The number of hydrogen-bond donors (Lipinski definition) is 0. The lowest BCUT2D eigenvalue weighted by atomic mass is 10.0. The standard InChI is InChI=1S/C21H29N3O2S/c1-15-14-16(2)18(4)21(17(15)3)27(25,26)24-12-10-23(11-13-24)19(5)20-8-6-7-9-22-20/h6-9,14,19H,10-13H2,1-5H3/t19-/m1/s1. The Morgan fingerprint density at radius 3 is 2.07 bits per heavy atom. The molecule has 6 heteroatoms. The molecule has 3 rings (SSSR count). The third-order valence-corrected chi connectivity index (χ3v) is 8.01. The second kappa shape index (κ2) is 7.70. The van der Waals surface area contributed by atoms with Gasteiger partial charge in [0, 0.05) is 38.4 Å². The van der Waals surface area contributed by atoms with E-state index >= 15 is 0 Å². The highest BCUT2D eigenvalue weighted by Gasteiger charge is 2.33. The highest BCUT2D eigenvalue weighted by molar-refractivity contribution is 7.89. The number of benzene rings is 1. The number of nitrogens with zero attached hydrogens (tertiary/aromatic N) is 3. The van der Waals surface area contributed by atoms with Gasteiger partial charge in [0.1, 0.15) is 0 Å². The van der Waals surface area contributed by atoms with Crippen molar-refractivity contribution in [1.82, 2.24) is 14.2 Å². The number of sulfonamides is 1. The fourth-order valence-corrected chi connectivity index (χ4v) is 5.84. The molecular formula is C21H29N3O2S. The van der Waals surface area contributed by atoms with Gasteiger partial charge in [-0.2, -0.15) is 4.31 Å². The number of aromatic nitrogens is 1. The van der Waals surface area contributed by atoms with Crippen molar-refractivity contribution in [1.29, 1.82) is 0 Å². The zero-order chi connectivity index (χ0) is 19.8. The van der Waals surface area contributed by atoms with E-state index in [1.165, 1.54) is 0 Å². The van der Waals surface area contributed by atoms with E-state index in [0.29, 0.717) is 31.1 Å². The van der Waals surface area contributed by atoms with E-state index in [4.69, 9.17) is 0 Å². The fourth-order valence-electron chi connectivity index (χ4n) is 3.84. The maximum absolute atomic E-state index is 13.4. The summed E-state index contributed by atoms with van der Waals surface area (Å²) in [7, 11) is -3.49. The van der Waals surface area contributed by atoms with Crippen LogP contribution in [0.5, 0.6) is 0 Å². The molecular weight excluding hydrogens is 358 g/mol. The molecule has 0 radical (unpaired) electrons. The summed E-state index contributed by atoms with van der Waals surface area (Å²) >= 11 is 0. The average Bonchev–Trinajstić information content (AvgIpc) is 2.66. The van der Waals surface area contributed by atoms with Crippen LogP contribution in [0.2, 0.25) is 0 Å². The molecule has 1 atom stereocenters. The number of pyridine rings is 1. The van der Waals surface area contributed by atoms with Crippen LogP contribution in [0.15, 0.2) is 35.4 Å². The minimum Gasteiger partial charge on any atom is -0.292 e. The van der Waals surface area contributed by atoms with Crippen LogP contribution in [0.25, 0.3) is 0 Å². The number of aryl methyl sites for hydroxylation is 2. The van der Waals surface area contributed by atoms with Gasteiger partial charge in [-0.3, -0.25) is 9.88 Å². The largest absolute Gasteiger partial charge is 0.292 e. The van der Waals surface area contributed by atoms with Crippen molar-refractivity contribution in [3.63, 3.8) is 0 Å². The first-order valence-corrected chi connectivity index (χ1v) is 10.9. The molecule has 146 valence electrons. The molecule has 2 heterocycles. The van der Waals surface area contributed by atoms with E-state index in [2.05, 4.69) is 22.9 Å². The molecule has 1 fully saturated rings. The number of rotatable bonds is 4. The summed E-state index contributed by atoms with van der Waals surface area (Å²) in [6, 6.07) is 8.17. The maximum atomic E-state index is 13.4. The van der Waals surface area contributed by atoms with Gasteiger partial charge in [-0.1, -0.05) is 12.1 Å². The molecule has 1 aliphatic heterocycles. The molecule has 0 unspecified atom stereocenters. The predicted molar refractivity (Wildman–Crippen MR) is 108 cm³/mol. The van der Waals surface area contributed by atoms with Crippen molar-refractivity contribution in [3.8, 4) is 0 Å². The Hall–Kier alpha value is -1.76. The lowest BCUT2D eigenvalue weighted by Crippen LogP contribution is -2.49. The van der Waals surface area contributed by atoms with E-state index in [1.807, 2.05) is 45.9 Å². The summed E-state index contributed by atoms with van der Waals surface area (Å²) < 4.78 is 28.4. The first-order chi connectivity index (χ1) is 12.7.